The van der Waals surface area contributed by atoms with Crippen LogP contribution in [0.25, 0.3) is 0 Å². The first kappa shape index (κ1) is 26.7. The highest BCUT2D eigenvalue weighted by Gasteiger charge is 2.05. The number of carbonyl (C=O) groups excluding carboxylic acids is 2. The summed E-state index contributed by atoms with van der Waals surface area (Å²) in [6, 6.07) is 10.9. The molecule has 2 rings (SSSR count). The number of esters is 2. The van der Waals surface area contributed by atoms with Gasteiger partial charge in [-0.3, -0.25) is 30.0 Å². The van der Waals surface area contributed by atoms with E-state index in [4.69, 9.17) is 0 Å². The number of nitrogens with one attached hydrogen (secondary N) is 1. The van der Waals surface area contributed by atoms with Gasteiger partial charge in [-0.1, -0.05) is 12.1 Å². The molecule has 0 bridgehead atoms. The average molecular weight is 446 g/mol. The third-order valence-corrected chi connectivity index (χ3v) is 4.14. The first-order chi connectivity index (χ1) is 15.2. The molecule has 174 valence electrons. The van der Waals surface area contributed by atoms with Gasteiger partial charge < -0.3 is 9.47 Å². The van der Waals surface area contributed by atoms with Crippen molar-refractivity contribution >= 4 is 17.6 Å². The van der Waals surface area contributed by atoms with Gasteiger partial charge in [0, 0.05) is 23.5 Å². The van der Waals surface area contributed by atoms with Gasteiger partial charge in [-0.05, 0) is 63.8 Å². The number of nitro groups is 1. The first-order valence-corrected chi connectivity index (χ1v) is 10.4. The van der Waals surface area contributed by atoms with Crippen molar-refractivity contribution in [1.82, 2.24) is 10.3 Å². The third-order valence-electron chi connectivity index (χ3n) is 4.14. The van der Waals surface area contributed by atoms with E-state index in [0.29, 0.717) is 13.2 Å². The van der Waals surface area contributed by atoms with Crippen LogP contribution in [-0.4, -0.2) is 48.1 Å². The zero-order valence-corrected chi connectivity index (χ0v) is 19.1. The smallest absolute Gasteiger partial charge is 0.319 e. The van der Waals surface area contributed by atoms with Crippen LogP contribution in [0.3, 0.4) is 0 Å². The minimum atomic E-state index is -0.376. The van der Waals surface area contributed by atoms with Crippen LogP contribution >= 0.6 is 0 Å². The minimum Gasteiger partial charge on any atom is -0.465 e. The number of hydrogen-bond acceptors (Lipinski definition) is 8. The molecule has 0 atom stereocenters. The first-order valence-electron chi connectivity index (χ1n) is 10.4. The van der Waals surface area contributed by atoms with Crippen molar-refractivity contribution in [2.75, 3.05) is 26.3 Å². The third kappa shape index (κ3) is 11.2. The van der Waals surface area contributed by atoms with E-state index in [1.165, 1.54) is 5.56 Å². The number of aromatic nitrogens is 1. The predicted octanol–water partition coefficient (Wildman–Crippen LogP) is 3.09. The lowest BCUT2D eigenvalue weighted by Crippen LogP contribution is -2.30. The Hall–Kier alpha value is -3.33. The number of rotatable bonds is 10. The molecule has 1 N–H and O–H groups in total. The minimum absolute atomic E-state index is 0.0344. The maximum absolute atomic E-state index is 10.7. The molecule has 0 amide bonds. The van der Waals surface area contributed by atoms with Gasteiger partial charge in [0.2, 0.25) is 0 Å². The summed E-state index contributed by atoms with van der Waals surface area (Å²) in [6.07, 6.45) is 1.79. The van der Waals surface area contributed by atoms with Crippen molar-refractivity contribution in [2.24, 2.45) is 0 Å². The van der Waals surface area contributed by atoms with Crippen LogP contribution < -0.4 is 5.32 Å². The maximum Gasteiger partial charge on any atom is 0.319 e. The number of nitro benzene ring substituents is 1. The summed E-state index contributed by atoms with van der Waals surface area (Å²) < 4.78 is 9.26. The molecule has 0 spiro atoms. The summed E-state index contributed by atoms with van der Waals surface area (Å²) in [5.41, 5.74) is 4.55. The van der Waals surface area contributed by atoms with E-state index in [1.54, 1.807) is 26.0 Å². The van der Waals surface area contributed by atoms with Crippen LogP contribution in [0.1, 0.15) is 36.4 Å². The number of ether oxygens (including phenoxy) is 2. The Morgan fingerprint density at radius 2 is 1.38 bits per heavy atom. The van der Waals surface area contributed by atoms with Gasteiger partial charge in [0.1, 0.15) is 0 Å². The maximum atomic E-state index is 10.7. The van der Waals surface area contributed by atoms with E-state index in [2.05, 4.69) is 31.9 Å². The molecule has 1 aromatic heterocycles. The number of benzene rings is 1. The Balaban J connectivity index is 0.000000347. The molecule has 0 saturated carbocycles. The van der Waals surface area contributed by atoms with E-state index < -0.39 is 0 Å². The molecule has 1 heterocycles. The Kier molecular flexibility index (Phi) is 12.2. The van der Waals surface area contributed by atoms with Crippen LogP contribution in [0, 0.1) is 24.0 Å². The summed E-state index contributed by atoms with van der Waals surface area (Å²) in [5.74, 6) is -0.737. The Labute approximate surface area is 188 Å². The molecule has 1 aromatic carbocycles. The van der Waals surface area contributed by atoms with E-state index in [0.717, 1.165) is 29.8 Å². The molecule has 0 unspecified atom stereocenters. The van der Waals surface area contributed by atoms with E-state index in [1.807, 2.05) is 26.0 Å². The van der Waals surface area contributed by atoms with E-state index in [-0.39, 0.29) is 35.6 Å². The van der Waals surface area contributed by atoms with Crippen LogP contribution in [0.4, 0.5) is 5.69 Å². The summed E-state index contributed by atoms with van der Waals surface area (Å²) in [6.45, 7) is 8.19. The molecule has 2 aromatic rings. The number of aryl methyl sites for hydroxylation is 4. The van der Waals surface area contributed by atoms with Crippen LogP contribution in [0.2, 0.25) is 0 Å². The Morgan fingerprint density at radius 3 is 1.81 bits per heavy atom. The van der Waals surface area contributed by atoms with Gasteiger partial charge in [0.25, 0.3) is 5.69 Å². The molecule has 32 heavy (non-hydrogen) atoms. The van der Waals surface area contributed by atoms with Crippen molar-refractivity contribution < 1.29 is 24.0 Å². The van der Waals surface area contributed by atoms with Gasteiger partial charge >= 0.3 is 11.9 Å². The van der Waals surface area contributed by atoms with Gasteiger partial charge in [0.05, 0.1) is 31.2 Å². The Bertz CT molecular complexity index is 846. The number of pyridine rings is 1. The molecule has 0 saturated heterocycles. The summed E-state index contributed by atoms with van der Waals surface area (Å²) in [7, 11) is 0. The molecular formula is C23H31N3O6. The highest BCUT2D eigenvalue weighted by atomic mass is 16.6. The molecule has 0 aliphatic carbocycles. The highest BCUT2D eigenvalue weighted by molar-refractivity contribution is 5.74. The van der Waals surface area contributed by atoms with Gasteiger partial charge in [0.15, 0.2) is 0 Å². The van der Waals surface area contributed by atoms with E-state index in [9.17, 15) is 19.7 Å². The molecular weight excluding hydrogens is 414 g/mol. The van der Waals surface area contributed by atoms with Gasteiger partial charge in [-0.25, -0.2) is 0 Å². The fourth-order valence-electron chi connectivity index (χ4n) is 2.83. The van der Waals surface area contributed by atoms with Crippen molar-refractivity contribution in [3.63, 3.8) is 0 Å². The number of hydrogen-bond donors (Lipinski definition) is 1. The lowest BCUT2D eigenvalue weighted by Gasteiger charge is -2.04. The normalized spacial score (nSPS) is 10.0. The second-order valence-corrected chi connectivity index (χ2v) is 6.90. The number of nitrogens with zero attached hydrogens (tertiary/aromatic N) is 2. The fourth-order valence-corrected chi connectivity index (χ4v) is 2.83. The highest BCUT2D eigenvalue weighted by Crippen LogP contribution is 2.14. The monoisotopic (exact) mass is 445 g/mol. The van der Waals surface area contributed by atoms with Crippen molar-refractivity contribution in [1.29, 1.82) is 0 Å². The zero-order valence-electron chi connectivity index (χ0n) is 19.1. The topological polar surface area (TPSA) is 121 Å². The van der Waals surface area contributed by atoms with Gasteiger partial charge in [-0.2, -0.15) is 0 Å². The van der Waals surface area contributed by atoms with Crippen molar-refractivity contribution in [3.8, 4) is 0 Å². The van der Waals surface area contributed by atoms with Crippen LogP contribution in [0.5, 0.6) is 0 Å². The molecule has 0 fully saturated rings. The molecule has 0 aliphatic heterocycles. The lowest BCUT2D eigenvalue weighted by atomic mass is 10.0. The van der Waals surface area contributed by atoms with Crippen molar-refractivity contribution in [3.05, 3.63) is 69.0 Å². The number of non-ortho nitro benzene ring substituents is 1. The SMILES string of the molecule is CCOC(=O)CNCC(=O)OCC.Cc1cc(CCc2ccc([N+](=O)[O-])cc2)cc(C)n1. The van der Waals surface area contributed by atoms with E-state index >= 15 is 0 Å². The molecule has 9 nitrogen and oxygen atoms in total. The molecule has 0 radical (unpaired) electrons. The van der Waals surface area contributed by atoms with Gasteiger partial charge in [-0.15, -0.1) is 0 Å². The fraction of sp³-hybridized carbons (Fsp3) is 0.435. The van der Waals surface area contributed by atoms with Crippen LogP contribution in [0.15, 0.2) is 36.4 Å². The average Bonchev–Trinajstić information content (AvgIpc) is 2.73. The lowest BCUT2D eigenvalue weighted by molar-refractivity contribution is -0.384. The molecule has 9 heteroatoms. The van der Waals surface area contributed by atoms with Crippen molar-refractivity contribution in [2.45, 2.75) is 40.5 Å². The summed E-state index contributed by atoms with van der Waals surface area (Å²) >= 11 is 0. The second-order valence-electron chi connectivity index (χ2n) is 6.90. The largest absolute Gasteiger partial charge is 0.465 e. The van der Waals surface area contributed by atoms with Crippen LogP contribution in [-0.2, 0) is 31.9 Å². The quantitative estimate of drug-likeness (QED) is 0.336. The predicted molar refractivity (Wildman–Crippen MR) is 120 cm³/mol. The second kappa shape index (κ2) is 14.6. The zero-order chi connectivity index (χ0) is 23.9. The molecule has 0 aliphatic rings. The Morgan fingerprint density at radius 1 is 0.906 bits per heavy atom. The summed E-state index contributed by atoms with van der Waals surface area (Å²) in [4.78, 5) is 36.0. The summed E-state index contributed by atoms with van der Waals surface area (Å²) in [5, 5.41) is 13.2. The standard InChI is InChI=1S/C15H16N2O2.C8H15NO4/c1-11-9-14(10-12(2)16-11)4-3-13-5-7-15(8-6-13)17(18)19;1-3-12-7(10)5-9-6-8(11)13-4-2/h5-10H,3-4H2,1-2H3;9H,3-6H2,1-2H3. The number of carbonyl (C=O) groups is 2.